The van der Waals surface area contributed by atoms with E-state index in [1.165, 1.54) is 0 Å². The molecule has 0 spiro atoms. The molecule has 1 aromatic heterocycles. The van der Waals surface area contributed by atoms with Gasteiger partial charge >= 0.3 is 0 Å². The van der Waals surface area contributed by atoms with E-state index in [1.807, 2.05) is 30.3 Å². The van der Waals surface area contributed by atoms with Gasteiger partial charge in [-0.3, -0.25) is 0 Å². The van der Waals surface area contributed by atoms with Crippen LogP contribution in [-0.4, -0.2) is 18.6 Å². The smallest absolute Gasteiger partial charge is 0.258 e. The summed E-state index contributed by atoms with van der Waals surface area (Å²) in [5.41, 5.74) is 7.78. The highest BCUT2D eigenvalue weighted by Gasteiger charge is 2.39. The van der Waals surface area contributed by atoms with Gasteiger partial charge in [-0.05, 0) is 49.4 Å². The van der Waals surface area contributed by atoms with Crippen LogP contribution in [0.25, 0.3) is 11.5 Å². The summed E-state index contributed by atoms with van der Waals surface area (Å²) in [6.07, 6.45) is 2.69. The molecule has 1 heterocycles. The quantitative estimate of drug-likeness (QED) is 0.615. The minimum Gasteiger partial charge on any atom is -0.334 e. The van der Waals surface area contributed by atoms with Crippen LogP contribution in [0.4, 0.5) is 0 Å². The normalized spacial score (nSPS) is 15.4. The van der Waals surface area contributed by atoms with Crippen LogP contribution in [0.2, 0.25) is 0 Å². The van der Waals surface area contributed by atoms with E-state index in [1.54, 1.807) is 25.1 Å². The van der Waals surface area contributed by atoms with E-state index in [0.717, 1.165) is 24.8 Å². The van der Waals surface area contributed by atoms with E-state index in [4.69, 9.17) is 10.3 Å². The first kappa shape index (κ1) is 21.4. The first-order chi connectivity index (χ1) is 13.4. The molecule has 3 aromatic rings. The van der Waals surface area contributed by atoms with Crippen LogP contribution in [0.1, 0.15) is 36.2 Å². The van der Waals surface area contributed by atoms with Crippen molar-refractivity contribution in [1.29, 1.82) is 0 Å². The second kappa shape index (κ2) is 8.23. The summed E-state index contributed by atoms with van der Waals surface area (Å²) in [6.45, 7) is 1.97. The SMILES string of the molecule is Cc1ccc(-c2nc(C3(N)CCC3)no2)cc1S(=O)(=O)NCc1ccccc1.Cl. The van der Waals surface area contributed by atoms with Crippen molar-refractivity contribution < 1.29 is 12.9 Å². The molecule has 7 nitrogen and oxygen atoms in total. The maximum Gasteiger partial charge on any atom is 0.258 e. The molecule has 0 saturated heterocycles. The molecule has 29 heavy (non-hydrogen) atoms. The first-order valence-electron chi connectivity index (χ1n) is 9.15. The Labute approximate surface area is 176 Å². The second-order valence-corrected chi connectivity index (χ2v) is 8.96. The molecule has 0 radical (unpaired) electrons. The highest BCUT2D eigenvalue weighted by Crippen LogP contribution is 2.37. The zero-order chi connectivity index (χ0) is 19.8. The Morgan fingerprint density at radius 2 is 1.90 bits per heavy atom. The lowest BCUT2D eigenvalue weighted by Gasteiger charge is -2.34. The van der Waals surface area contributed by atoms with Crippen LogP contribution in [0, 0.1) is 6.92 Å². The fourth-order valence-electron chi connectivity index (χ4n) is 3.20. The largest absolute Gasteiger partial charge is 0.334 e. The van der Waals surface area contributed by atoms with Crippen LogP contribution in [0.5, 0.6) is 0 Å². The van der Waals surface area contributed by atoms with Crippen LogP contribution < -0.4 is 10.5 Å². The zero-order valence-electron chi connectivity index (χ0n) is 16.0. The van der Waals surface area contributed by atoms with Gasteiger partial charge in [-0.25, -0.2) is 13.1 Å². The molecule has 1 aliphatic rings. The van der Waals surface area contributed by atoms with Gasteiger partial charge in [0.05, 0.1) is 10.4 Å². The Hall–Kier alpha value is -2.26. The number of rotatable bonds is 6. The topological polar surface area (TPSA) is 111 Å². The highest BCUT2D eigenvalue weighted by atomic mass is 35.5. The Morgan fingerprint density at radius 1 is 1.17 bits per heavy atom. The third kappa shape index (κ3) is 4.35. The van der Waals surface area contributed by atoms with Crippen molar-refractivity contribution >= 4 is 22.4 Å². The molecule has 1 aliphatic carbocycles. The van der Waals surface area contributed by atoms with Gasteiger partial charge in [-0.15, -0.1) is 12.4 Å². The summed E-state index contributed by atoms with van der Waals surface area (Å²) in [4.78, 5) is 4.59. The molecule has 0 aliphatic heterocycles. The maximum absolute atomic E-state index is 12.8. The molecule has 4 rings (SSSR count). The molecular weight excluding hydrogens is 412 g/mol. The summed E-state index contributed by atoms with van der Waals surface area (Å²) in [5, 5.41) is 4.00. The molecule has 0 bridgehead atoms. The third-order valence-electron chi connectivity index (χ3n) is 5.15. The van der Waals surface area contributed by atoms with Crippen molar-refractivity contribution in [2.75, 3.05) is 0 Å². The summed E-state index contributed by atoms with van der Waals surface area (Å²) in [7, 11) is -3.70. The number of aromatic nitrogens is 2. The van der Waals surface area contributed by atoms with E-state index in [0.29, 0.717) is 17.0 Å². The molecule has 2 aromatic carbocycles. The average molecular weight is 435 g/mol. The molecule has 0 atom stereocenters. The predicted molar refractivity (Wildman–Crippen MR) is 112 cm³/mol. The van der Waals surface area contributed by atoms with E-state index < -0.39 is 15.6 Å². The van der Waals surface area contributed by atoms with E-state index >= 15 is 0 Å². The Morgan fingerprint density at radius 3 is 2.55 bits per heavy atom. The van der Waals surface area contributed by atoms with Crippen LogP contribution in [0.3, 0.4) is 0 Å². The lowest BCUT2D eigenvalue weighted by atomic mass is 9.77. The van der Waals surface area contributed by atoms with Crippen molar-refractivity contribution in [1.82, 2.24) is 14.9 Å². The van der Waals surface area contributed by atoms with E-state index in [9.17, 15) is 8.42 Å². The highest BCUT2D eigenvalue weighted by molar-refractivity contribution is 7.89. The number of sulfonamides is 1. The van der Waals surface area contributed by atoms with Gasteiger partial charge in [0.2, 0.25) is 10.0 Å². The lowest BCUT2D eigenvalue weighted by molar-refractivity contribution is 0.229. The van der Waals surface area contributed by atoms with Crippen molar-refractivity contribution in [3.05, 3.63) is 65.5 Å². The molecule has 9 heteroatoms. The number of halogens is 1. The number of nitrogens with two attached hydrogens (primary N) is 1. The van der Waals surface area contributed by atoms with Gasteiger partial charge in [-0.1, -0.05) is 41.6 Å². The number of nitrogens with zero attached hydrogens (tertiary/aromatic N) is 2. The number of aryl methyl sites for hydroxylation is 1. The summed E-state index contributed by atoms with van der Waals surface area (Å²) in [6, 6.07) is 14.4. The van der Waals surface area contributed by atoms with Crippen molar-refractivity contribution in [3.63, 3.8) is 0 Å². The van der Waals surface area contributed by atoms with Gasteiger partial charge < -0.3 is 10.3 Å². The van der Waals surface area contributed by atoms with E-state index in [-0.39, 0.29) is 29.7 Å². The number of hydrogen-bond acceptors (Lipinski definition) is 6. The molecule has 3 N–H and O–H groups in total. The Kier molecular flexibility index (Phi) is 6.09. The summed E-state index contributed by atoms with van der Waals surface area (Å²) < 4.78 is 33.7. The maximum atomic E-state index is 12.8. The summed E-state index contributed by atoms with van der Waals surface area (Å²) >= 11 is 0. The van der Waals surface area contributed by atoms with Crippen molar-refractivity contribution in [2.24, 2.45) is 5.73 Å². The van der Waals surface area contributed by atoms with Gasteiger partial charge in [0.25, 0.3) is 5.89 Å². The average Bonchev–Trinajstić information content (AvgIpc) is 3.16. The van der Waals surface area contributed by atoms with Crippen molar-refractivity contribution in [3.8, 4) is 11.5 Å². The standard InChI is InChI=1S/C20H22N4O3S.ClH/c1-14-8-9-16(18-23-19(24-27-18)20(21)10-5-11-20)12-17(14)28(25,26)22-13-15-6-3-2-4-7-15;/h2-4,6-9,12,22H,5,10-11,13,21H2,1H3;1H. The Bertz CT molecular complexity index is 1100. The lowest BCUT2D eigenvalue weighted by Crippen LogP contribution is -2.44. The second-order valence-electron chi connectivity index (χ2n) is 7.22. The first-order valence-corrected chi connectivity index (χ1v) is 10.6. The van der Waals surface area contributed by atoms with Crippen LogP contribution in [-0.2, 0) is 22.1 Å². The molecule has 154 valence electrons. The number of nitrogens with one attached hydrogen (secondary N) is 1. The zero-order valence-corrected chi connectivity index (χ0v) is 17.6. The molecule has 0 amide bonds. The molecular formula is C20H23ClN4O3S. The van der Waals surface area contributed by atoms with E-state index in [2.05, 4.69) is 14.9 Å². The predicted octanol–water partition coefficient (Wildman–Crippen LogP) is 3.28. The fourth-order valence-corrected chi connectivity index (χ4v) is 4.49. The van der Waals surface area contributed by atoms with Crippen LogP contribution >= 0.6 is 12.4 Å². The van der Waals surface area contributed by atoms with Crippen LogP contribution in [0.15, 0.2) is 57.9 Å². The van der Waals surface area contributed by atoms with Gasteiger partial charge in [0, 0.05) is 12.1 Å². The monoisotopic (exact) mass is 434 g/mol. The van der Waals surface area contributed by atoms with Gasteiger partial charge in [0.1, 0.15) is 0 Å². The minimum absolute atomic E-state index is 0. The molecule has 1 fully saturated rings. The third-order valence-corrected chi connectivity index (χ3v) is 6.69. The fraction of sp³-hybridized carbons (Fsp3) is 0.300. The number of hydrogen-bond donors (Lipinski definition) is 2. The number of benzene rings is 2. The molecule has 0 unspecified atom stereocenters. The van der Waals surface area contributed by atoms with Gasteiger partial charge in [0.15, 0.2) is 5.82 Å². The Balaban J connectivity index is 0.00000240. The minimum atomic E-state index is -3.70. The molecule has 1 saturated carbocycles. The summed E-state index contributed by atoms with van der Waals surface area (Å²) in [5.74, 6) is 0.743. The van der Waals surface area contributed by atoms with Crippen molar-refractivity contribution in [2.45, 2.75) is 43.2 Å². The van der Waals surface area contributed by atoms with Gasteiger partial charge in [-0.2, -0.15) is 4.98 Å².